The predicted molar refractivity (Wildman–Crippen MR) is 104 cm³/mol. The van der Waals surface area contributed by atoms with E-state index < -0.39 is 16.0 Å². The number of ether oxygens (including phenoxy) is 1. The molecule has 148 valence electrons. The van der Waals surface area contributed by atoms with Crippen molar-refractivity contribution in [3.8, 4) is 11.8 Å². The number of carbonyl (C=O) groups is 1. The molecule has 2 aromatic heterocycles. The van der Waals surface area contributed by atoms with Crippen LogP contribution < -0.4 is 10.5 Å². The number of nitrogens with zero attached hydrogens (tertiary/aromatic N) is 4. The molecule has 10 nitrogen and oxygen atoms in total. The summed E-state index contributed by atoms with van der Waals surface area (Å²) in [4.78, 5) is 12.0. The first-order chi connectivity index (χ1) is 13.8. The number of hydrogen-bond acceptors (Lipinski definition) is 8. The van der Waals surface area contributed by atoms with Gasteiger partial charge in [-0.1, -0.05) is 11.6 Å². The number of benzene rings is 1. The van der Waals surface area contributed by atoms with Gasteiger partial charge in [-0.2, -0.15) is 5.26 Å². The molecule has 0 radical (unpaired) electrons. The van der Waals surface area contributed by atoms with Crippen LogP contribution in [0.4, 0.5) is 11.5 Å². The van der Waals surface area contributed by atoms with E-state index in [9.17, 15) is 13.2 Å². The summed E-state index contributed by atoms with van der Waals surface area (Å²) in [5.41, 5.74) is 6.28. The van der Waals surface area contributed by atoms with E-state index in [0.717, 1.165) is 0 Å². The van der Waals surface area contributed by atoms with E-state index in [-0.39, 0.29) is 32.8 Å². The number of anilines is 2. The number of nitrogens with one attached hydrogen (secondary N) is 1. The van der Waals surface area contributed by atoms with Gasteiger partial charge in [-0.3, -0.25) is 4.72 Å². The molecule has 3 rings (SSSR count). The van der Waals surface area contributed by atoms with Crippen LogP contribution in [0.2, 0.25) is 5.15 Å². The number of esters is 1. The van der Waals surface area contributed by atoms with E-state index >= 15 is 0 Å². The van der Waals surface area contributed by atoms with E-state index in [2.05, 4.69) is 14.9 Å². The van der Waals surface area contributed by atoms with Gasteiger partial charge in [0.25, 0.3) is 10.0 Å². The van der Waals surface area contributed by atoms with Crippen LogP contribution in [-0.4, -0.2) is 36.3 Å². The normalized spacial score (nSPS) is 10.9. The lowest BCUT2D eigenvalue weighted by Crippen LogP contribution is -2.14. The molecule has 0 amide bonds. The molecule has 3 N–H and O–H groups in total. The van der Waals surface area contributed by atoms with Gasteiger partial charge in [-0.25, -0.2) is 13.2 Å². The number of carbonyl (C=O) groups excluding carboxylic acids is 1. The topological polar surface area (TPSA) is 153 Å². The number of aromatic nitrogens is 3. The fraction of sp³-hybridized carbons (Fsp3) is 0.0588. The number of nitriles is 1. The Labute approximate surface area is 170 Å². The monoisotopic (exact) mass is 432 g/mol. The summed E-state index contributed by atoms with van der Waals surface area (Å²) in [5.74, 6) is -0.730. The SMILES string of the molecule is COC(=O)c1c(N)c(C#N)cn1-c1ccc(S(=O)(=O)Nc2ccc(Cl)nn2)cc1. The van der Waals surface area contributed by atoms with Crippen molar-refractivity contribution < 1.29 is 17.9 Å². The van der Waals surface area contributed by atoms with E-state index in [1.807, 2.05) is 6.07 Å². The molecule has 0 fully saturated rings. The number of nitrogen functional groups attached to an aromatic ring is 1. The van der Waals surface area contributed by atoms with Crippen molar-refractivity contribution in [2.24, 2.45) is 0 Å². The molecule has 0 spiro atoms. The van der Waals surface area contributed by atoms with Crippen LogP contribution in [-0.2, 0) is 14.8 Å². The summed E-state index contributed by atoms with van der Waals surface area (Å²) >= 11 is 5.63. The molecule has 2 heterocycles. The van der Waals surface area contributed by atoms with Gasteiger partial charge in [-0.15, -0.1) is 10.2 Å². The van der Waals surface area contributed by atoms with Gasteiger partial charge in [-0.05, 0) is 36.4 Å². The number of hydrogen-bond donors (Lipinski definition) is 2. The zero-order valence-corrected chi connectivity index (χ0v) is 16.4. The maximum atomic E-state index is 12.5. The Bertz CT molecular complexity index is 1210. The number of halogens is 1. The smallest absolute Gasteiger partial charge is 0.357 e. The third-order valence-corrected chi connectivity index (χ3v) is 5.41. The Kier molecular flexibility index (Phi) is 5.40. The molecule has 12 heteroatoms. The molecule has 3 aromatic rings. The minimum Gasteiger partial charge on any atom is -0.464 e. The molecule has 0 bridgehead atoms. The average molecular weight is 433 g/mol. The largest absolute Gasteiger partial charge is 0.464 e. The molecule has 0 saturated carbocycles. The third kappa shape index (κ3) is 3.98. The fourth-order valence-corrected chi connectivity index (χ4v) is 3.57. The first-order valence-corrected chi connectivity index (χ1v) is 9.74. The highest BCUT2D eigenvalue weighted by Crippen LogP contribution is 2.25. The van der Waals surface area contributed by atoms with Crippen LogP contribution in [0.25, 0.3) is 5.69 Å². The predicted octanol–water partition coefficient (Wildman–Crippen LogP) is 1.96. The lowest BCUT2D eigenvalue weighted by Gasteiger charge is -2.10. The third-order valence-electron chi connectivity index (χ3n) is 3.84. The lowest BCUT2D eigenvalue weighted by molar-refractivity contribution is 0.0593. The van der Waals surface area contributed by atoms with Crippen LogP contribution in [0.15, 0.2) is 47.5 Å². The maximum Gasteiger partial charge on any atom is 0.357 e. The summed E-state index contributed by atoms with van der Waals surface area (Å²) in [6, 6.07) is 10.2. The van der Waals surface area contributed by atoms with Crippen molar-refractivity contribution in [1.82, 2.24) is 14.8 Å². The minimum absolute atomic E-state index is 0.00305. The Balaban J connectivity index is 1.96. The van der Waals surface area contributed by atoms with Crippen LogP contribution in [0.1, 0.15) is 16.1 Å². The number of rotatable bonds is 5. The van der Waals surface area contributed by atoms with Gasteiger partial charge in [0, 0.05) is 11.9 Å². The van der Waals surface area contributed by atoms with Gasteiger partial charge in [0.1, 0.15) is 6.07 Å². The Hall–Kier alpha value is -3.62. The molecular formula is C17H13ClN6O4S. The van der Waals surface area contributed by atoms with Crippen LogP contribution in [0, 0.1) is 11.3 Å². The molecule has 0 atom stereocenters. The molecule has 0 aliphatic heterocycles. The van der Waals surface area contributed by atoms with Gasteiger partial charge in [0.15, 0.2) is 16.7 Å². The highest BCUT2D eigenvalue weighted by Gasteiger charge is 2.22. The first-order valence-electron chi connectivity index (χ1n) is 7.88. The quantitative estimate of drug-likeness (QED) is 0.580. The zero-order chi connectivity index (χ0) is 21.2. The van der Waals surface area contributed by atoms with Crippen molar-refractivity contribution in [3.05, 3.63) is 59.0 Å². The van der Waals surface area contributed by atoms with Gasteiger partial charge >= 0.3 is 5.97 Å². The zero-order valence-electron chi connectivity index (χ0n) is 14.8. The van der Waals surface area contributed by atoms with Gasteiger partial charge < -0.3 is 15.0 Å². The van der Waals surface area contributed by atoms with Crippen LogP contribution >= 0.6 is 11.6 Å². The summed E-state index contributed by atoms with van der Waals surface area (Å²) in [6.45, 7) is 0. The average Bonchev–Trinajstić information content (AvgIpc) is 3.05. The first kappa shape index (κ1) is 20.1. The standard InChI is InChI=1S/C17H13ClN6O4S/c1-28-17(25)16-15(20)10(8-19)9-24(16)11-2-4-12(5-3-11)29(26,27)23-14-7-6-13(18)21-22-14/h2-7,9H,20H2,1H3,(H,22,23). The highest BCUT2D eigenvalue weighted by atomic mass is 35.5. The number of nitrogens with two attached hydrogens (primary N) is 1. The van der Waals surface area contributed by atoms with Crippen molar-refractivity contribution >= 4 is 39.1 Å². The Morgan fingerprint density at radius 2 is 1.93 bits per heavy atom. The molecule has 0 aliphatic rings. The summed E-state index contributed by atoms with van der Waals surface area (Å²) in [5, 5.41) is 16.5. The molecule has 0 saturated heterocycles. The molecule has 1 aromatic carbocycles. The van der Waals surface area contributed by atoms with E-state index in [4.69, 9.17) is 27.3 Å². The second-order valence-corrected chi connectivity index (χ2v) is 7.69. The molecular weight excluding hydrogens is 420 g/mol. The molecule has 29 heavy (non-hydrogen) atoms. The summed E-state index contributed by atoms with van der Waals surface area (Å²) in [6.07, 6.45) is 1.37. The second kappa shape index (κ2) is 7.78. The van der Waals surface area contributed by atoms with E-state index in [1.54, 1.807) is 0 Å². The summed E-state index contributed by atoms with van der Waals surface area (Å²) in [7, 11) is -2.75. The van der Waals surface area contributed by atoms with Crippen molar-refractivity contribution in [2.75, 3.05) is 17.6 Å². The van der Waals surface area contributed by atoms with Crippen LogP contribution in [0.5, 0.6) is 0 Å². The van der Waals surface area contributed by atoms with E-state index in [0.29, 0.717) is 5.69 Å². The minimum atomic E-state index is -3.94. The number of methoxy groups -OCH3 is 1. The van der Waals surface area contributed by atoms with Crippen LogP contribution in [0.3, 0.4) is 0 Å². The van der Waals surface area contributed by atoms with Gasteiger partial charge in [0.05, 0.1) is 23.3 Å². The van der Waals surface area contributed by atoms with Crippen molar-refractivity contribution in [2.45, 2.75) is 4.90 Å². The van der Waals surface area contributed by atoms with Crippen molar-refractivity contribution in [1.29, 1.82) is 5.26 Å². The Morgan fingerprint density at radius 1 is 1.24 bits per heavy atom. The fourth-order valence-electron chi connectivity index (χ4n) is 2.47. The maximum absolute atomic E-state index is 12.5. The van der Waals surface area contributed by atoms with Gasteiger partial charge in [0.2, 0.25) is 0 Å². The lowest BCUT2D eigenvalue weighted by atomic mass is 10.2. The summed E-state index contributed by atoms with van der Waals surface area (Å²) < 4.78 is 33.4. The van der Waals surface area contributed by atoms with Crippen molar-refractivity contribution in [3.63, 3.8) is 0 Å². The second-order valence-electron chi connectivity index (χ2n) is 5.62. The highest BCUT2D eigenvalue weighted by molar-refractivity contribution is 7.92. The number of sulfonamides is 1. The van der Waals surface area contributed by atoms with E-state index in [1.165, 1.54) is 54.3 Å². The molecule has 0 unspecified atom stereocenters. The Morgan fingerprint density at radius 3 is 2.48 bits per heavy atom. The molecule has 0 aliphatic carbocycles.